The van der Waals surface area contributed by atoms with E-state index in [2.05, 4.69) is 5.10 Å². The van der Waals surface area contributed by atoms with E-state index in [0.29, 0.717) is 30.4 Å². The van der Waals surface area contributed by atoms with Gasteiger partial charge in [-0.1, -0.05) is 11.6 Å². The summed E-state index contributed by atoms with van der Waals surface area (Å²) in [5, 5.41) is 15.3. The van der Waals surface area contributed by atoms with Gasteiger partial charge in [0.15, 0.2) is 0 Å². The highest BCUT2D eigenvalue weighted by Crippen LogP contribution is 2.30. The van der Waals surface area contributed by atoms with Crippen LogP contribution in [-0.4, -0.2) is 57.3 Å². The molecule has 1 fully saturated rings. The van der Waals surface area contributed by atoms with E-state index in [-0.39, 0.29) is 6.61 Å². The molecule has 0 saturated carbocycles. The summed E-state index contributed by atoms with van der Waals surface area (Å²) in [5.41, 5.74) is -0.119. The third-order valence-electron chi connectivity index (χ3n) is 3.57. The summed E-state index contributed by atoms with van der Waals surface area (Å²) in [5.74, 6) is 0. The molecule has 130 valence electrons. The van der Waals surface area contributed by atoms with E-state index in [0.717, 1.165) is 0 Å². The van der Waals surface area contributed by atoms with Gasteiger partial charge in [-0.2, -0.15) is 5.10 Å². The average Bonchev–Trinajstić information content (AvgIpc) is 2.85. The Kier molecular flexibility index (Phi) is 5.54. The Morgan fingerprint density at radius 3 is 2.91 bits per heavy atom. The Bertz CT molecular complexity index is 555. The summed E-state index contributed by atoms with van der Waals surface area (Å²) in [6, 6.07) is -0.571. The first kappa shape index (κ1) is 18.0. The molecule has 7 nitrogen and oxygen atoms in total. The van der Waals surface area contributed by atoms with Crippen LogP contribution in [0.4, 0.5) is 4.79 Å². The van der Waals surface area contributed by atoms with Gasteiger partial charge in [0.05, 0.1) is 36.2 Å². The van der Waals surface area contributed by atoms with E-state index >= 15 is 0 Å². The zero-order valence-corrected chi connectivity index (χ0v) is 14.7. The van der Waals surface area contributed by atoms with Crippen LogP contribution in [0.15, 0.2) is 6.20 Å². The fraction of sp³-hybridized carbons (Fsp3) is 0.733. The lowest BCUT2D eigenvalue weighted by Gasteiger charge is -2.38. The maximum atomic E-state index is 12.4. The first-order valence-corrected chi connectivity index (χ1v) is 8.09. The zero-order valence-electron chi connectivity index (χ0n) is 14.0. The molecule has 1 aromatic heterocycles. The molecular formula is C15H24ClN3O4. The summed E-state index contributed by atoms with van der Waals surface area (Å²) in [7, 11) is 0. The Balaban J connectivity index is 2.23. The van der Waals surface area contributed by atoms with Gasteiger partial charge >= 0.3 is 6.09 Å². The largest absolute Gasteiger partial charge is 0.444 e. The van der Waals surface area contributed by atoms with Gasteiger partial charge < -0.3 is 14.6 Å². The lowest BCUT2D eigenvalue weighted by Crippen LogP contribution is -2.53. The van der Waals surface area contributed by atoms with Gasteiger partial charge in [-0.25, -0.2) is 4.79 Å². The van der Waals surface area contributed by atoms with E-state index in [9.17, 15) is 9.90 Å². The molecular weight excluding hydrogens is 322 g/mol. The van der Waals surface area contributed by atoms with Crippen molar-refractivity contribution in [3.05, 3.63) is 16.9 Å². The number of carbonyl (C=O) groups is 1. The van der Waals surface area contributed by atoms with Crippen LogP contribution in [0.5, 0.6) is 0 Å². The molecule has 0 spiro atoms. The average molecular weight is 346 g/mol. The van der Waals surface area contributed by atoms with Gasteiger partial charge in [0, 0.05) is 13.1 Å². The second-order valence-corrected chi connectivity index (χ2v) is 6.86. The molecule has 2 heterocycles. The number of nitrogens with zero attached hydrogens (tertiary/aromatic N) is 3. The number of ether oxygens (including phenoxy) is 2. The molecule has 1 amide bonds. The molecule has 1 aliphatic rings. The molecule has 0 aliphatic carbocycles. The predicted octanol–water partition coefficient (Wildman–Crippen LogP) is 2.23. The van der Waals surface area contributed by atoms with E-state index in [1.165, 1.54) is 11.1 Å². The quantitative estimate of drug-likeness (QED) is 0.909. The maximum Gasteiger partial charge on any atom is 0.410 e. The predicted molar refractivity (Wildman–Crippen MR) is 85.4 cm³/mol. The minimum absolute atomic E-state index is 0.214. The number of aryl methyl sites for hydroxylation is 1. The van der Waals surface area contributed by atoms with Gasteiger partial charge in [-0.3, -0.25) is 9.58 Å². The molecule has 23 heavy (non-hydrogen) atoms. The molecule has 2 atom stereocenters. The number of carbonyl (C=O) groups excluding carboxylic acids is 1. The second kappa shape index (κ2) is 7.07. The highest BCUT2D eigenvalue weighted by atomic mass is 35.5. The van der Waals surface area contributed by atoms with Crippen molar-refractivity contribution in [2.24, 2.45) is 0 Å². The van der Waals surface area contributed by atoms with E-state index in [1.807, 2.05) is 6.92 Å². The minimum atomic E-state index is -1.00. The molecule has 1 aromatic rings. The standard InChI is InChI=1S/C15H24ClN3O4/c1-5-19-12(10(16)8-17-19)13(20)11-9-22-7-6-18(11)14(21)23-15(2,3)4/h8,11,13,20H,5-7,9H2,1-4H3. The molecule has 1 aliphatic heterocycles. The van der Waals surface area contributed by atoms with Crippen LogP contribution in [0.25, 0.3) is 0 Å². The molecule has 0 radical (unpaired) electrons. The third kappa shape index (κ3) is 4.16. The molecule has 2 rings (SSSR count). The second-order valence-electron chi connectivity index (χ2n) is 6.45. The number of aromatic nitrogens is 2. The van der Waals surface area contributed by atoms with Crippen LogP contribution in [0.3, 0.4) is 0 Å². The number of aliphatic hydroxyl groups excluding tert-OH is 1. The van der Waals surface area contributed by atoms with Crippen molar-refractivity contribution in [2.75, 3.05) is 19.8 Å². The van der Waals surface area contributed by atoms with Crippen LogP contribution in [0, 0.1) is 0 Å². The first-order valence-electron chi connectivity index (χ1n) is 7.71. The van der Waals surface area contributed by atoms with E-state index in [4.69, 9.17) is 21.1 Å². The lowest BCUT2D eigenvalue weighted by atomic mass is 10.1. The van der Waals surface area contributed by atoms with Crippen molar-refractivity contribution < 1.29 is 19.4 Å². The van der Waals surface area contributed by atoms with Crippen LogP contribution in [-0.2, 0) is 16.0 Å². The third-order valence-corrected chi connectivity index (χ3v) is 3.86. The highest BCUT2D eigenvalue weighted by molar-refractivity contribution is 6.31. The molecule has 0 aromatic carbocycles. The molecule has 8 heteroatoms. The van der Waals surface area contributed by atoms with Crippen molar-refractivity contribution in [3.8, 4) is 0 Å². The number of amides is 1. The summed E-state index contributed by atoms with van der Waals surface area (Å²) in [6.45, 7) is 8.87. The SMILES string of the molecule is CCn1ncc(Cl)c1C(O)C1COCCN1C(=O)OC(C)(C)C. The summed E-state index contributed by atoms with van der Waals surface area (Å²) >= 11 is 6.15. The smallest absolute Gasteiger partial charge is 0.410 e. The maximum absolute atomic E-state index is 12.4. The van der Waals surface area contributed by atoms with Crippen molar-refractivity contribution in [1.82, 2.24) is 14.7 Å². The number of hydrogen-bond donors (Lipinski definition) is 1. The summed E-state index contributed by atoms with van der Waals surface area (Å²) in [6.07, 6.45) is 0.0202. The Morgan fingerprint density at radius 2 is 2.30 bits per heavy atom. The summed E-state index contributed by atoms with van der Waals surface area (Å²) in [4.78, 5) is 13.9. The van der Waals surface area contributed by atoms with Gasteiger partial charge in [0.2, 0.25) is 0 Å². The number of halogens is 1. The number of hydrogen-bond acceptors (Lipinski definition) is 5. The Labute approximate surface area is 141 Å². The van der Waals surface area contributed by atoms with E-state index in [1.54, 1.807) is 25.5 Å². The first-order chi connectivity index (χ1) is 10.7. The zero-order chi connectivity index (χ0) is 17.2. The lowest BCUT2D eigenvalue weighted by molar-refractivity contribution is -0.0689. The van der Waals surface area contributed by atoms with Crippen LogP contribution in [0.1, 0.15) is 39.5 Å². The Morgan fingerprint density at radius 1 is 1.61 bits per heavy atom. The number of rotatable bonds is 3. The number of aliphatic hydroxyl groups is 1. The summed E-state index contributed by atoms with van der Waals surface area (Å²) < 4.78 is 12.5. The fourth-order valence-electron chi connectivity index (χ4n) is 2.53. The van der Waals surface area contributed by atoms with Crippen LogP contribution in [0.2, 0.25) is 5.02 Å². The van der Waals surface area contributed by atoms with Crippen molar-refractivity contribution in [3.63, 3.8) is 0 Å². The minimum Gasteiger partial charge on any atom is -0.444 e. The van der Waals surface area contributed by atoms with Gasteiger partial charge in [-0.15, -0.1) is 0 Å². The van der Waals surface area contributed by atoms with Gasteiger partial charge in [-0.05, 0) is 27.7 Å². The monoisotopic (exact) mass is 345 g/mol. The molecule has 1 N–H and O–H groups in total. The van der Waals surface area contributed by atoms with Gasteiger partial charge in [0.25, 0.3) is 0 Å². The van der Waals surface area contributed by atoms with Crippen LogP contribution >= 0.6 is 11.6 Å². The highest BCUT2D eigenvalue weighted by Gasteiger charge is 2.38. The van der Waals surface area contributed by atoms with Crippen molar-refractivity contribution >= 4 is 17.7 Å². The van der Waals surface area contributed by atoms with Gasteiger partial charge in [0.1, 0.15) is 11.7 Å². The molecule has 1 saturated heterocycles. The molecule has 0 bridgehead atoms. The van der Waals surface area contributed by atoms with Crippen molar-refractivity contribution in [1.29, 1.82) is 0 Å². The number of morpholine rings is 1. The fourth-order valence-corrected chi connectivity index (χ4v) is 2.78. The normalized spacial score (nSPS) is 20.4. The van der Waals surface area contributed by atoms with Crippen molar-refractivity contribution in [2.45, 2.75) is 52.0 Å². The van der Waals surface area contributed by atoms with E-state index < -0.39 is 23.8 Å². The van der Waals surface area contributed by atoms with Crippen LogP contribution < -0.4 is 0 Å². The Hall–Kier alpha value is -1.31. The molecule has 2 unspecified atom stereocenters. The topological polar surface area (TPSA) is 76.8 Å².